The molecule has 4 rings (SSSR count). The van der Waals surface area contributed by atoms with Crippen LogP contribution >= 0.6 is 34.7 Å². The first-order valence-electron chi connectivity index (χ1n) is 9.81. The Kier molecular flexibility index (Phi) is 7.09. The maximum Gasteiger partial charge on any atom is 0.234 e. The quantitative estimate of drug-likeness (QED) is 0.330. The number of rotatable bonds is 8. The van der Waals surface area contributed by atoms with Gasteiger partial charge in [0.25, 0.3) is 0 Å². The van der Waals surface area contributed by atoms with Crippen LogP contribution in [0.2, 0.25) is 5.02 Å². The van der Waals surface area contributed by atoms with Crippen LogP contribution in [0.3, 0.4) is 0 Å². The minimum Gasteiger partial charge on any atom is -0.332 e. The van der Waals surface area contributed by atoms with Gasteiger partial charge < -0.3 is 15.2 Å². The third kappa shape index (κ3) is 5.67. The maximum absolute atomic E-state index is 12.3. The number of aromatic nitrogens is 4. The van der Waals surface area contributed by atoms with Gasteiger partial charge in [-0.2, -0.15) is 0 Å². The maximum atomic E-state index is 12.3. The van der Waals surface area contributed by atoms with Crippen LogP contribution in [0.1, 0.15) is 17.1 Å². The molecular weight excluding hydrogens is 464 g/mol. The molecule has 4 aromatic rings. The summed E-state index contributed by atoms with van der Waals surface area (Å²) >= 11 is 8.96. The predicted octanol–water partition coefficient (Wildman–Crippen LogP) is 5.30. The van der Waals surface area contributed by atoms with E-state index in [9.17, 15) is 4.79 Å². The van der Waals surface area contributed by atoms with Crippen molar-refractivity contribution in [2.45, 2.75) is 18.5 Å². The van der Waals surface area contributed by atoms with Crippen LogP contribution in [-0.4, -0.2) is 31.4 Å². The number of aryl methyl sites for hydroxylation is 1. The molecule has 0 atom stereocenters. The van der Waals surface area contributed by atoms with Crippen molar-refractivity contribution in [3.63, 3.8) is 0 Å². The van der Waals surface area contributed by atoms with Crippen molar-refractivity contribution in [1.29, 1.82) is 0 Å². The number of carbonyl (C=O) groups excluding carboxylic acids is 1. The summed E-state index contributed by atoms with van der Waals surface area (Å²) in [7, 11) is 1.89. The Morgan fingerprint density at radius 3 is 2.72 bits per heavy atom. The van der Waals surface area contributed by atoms with Crippen molar-refractivity contribution >= 4 is 57.1 Å². The van der Waals surface area contributed by atoms with Crippen LogP contribution in [0.4, 0.5) is 16.5 Å². The van der Waals surface area contributed by atoms with E-state index in [4.69, 9.17) is 11.6 Å². The van der Waals surface area contributed by atoms with Crippen molar-refractivity contribution in [2.75, 3.05) is 16.4 Å². The van der Waals surface area contributed by atoms with Crippen LogP contribution in [0.15, 0.2) is 59.1 Å². The molecule has 0 aliphatic carbocycles. The van der Waals surface area contributed by atoms with Crippen LogP contribution in [0, 0.1) is 6.92 Å². The van der Waals surface area contributed by atoms with Crippen LogP contribution < -0.4 is 10.6 Å². The molecule has 0 aliphatic heterocycles. The van der Waals surface area contributed by atoms with E-state index in [-0.39, 0.29) is 11.7 Å². The summed E-state index contributed by atoms with van der Waals surface area (Å²) in [5.41, 5.74) is 3.72. The van der Waals surface area contributed by atoms with Gasteiger partial charge in [-0.1, -0.05) is 53.2 Å². The van der Waals surface area contributed by atoms with Crippen LogP contribution in [0.5, 0.6) is 0 Å². The fourth-order valence-corrected chi connectivity index (χ4v) is 4.51. The molecule has 0 aliphatic rings. The number of para-hydroxylation sites is 1. The van der Waals surface area contributed by atoms with E-state index in [0.29, 0.717) is 22.3 Å². The SMILES string of the molecule is Cc1ccc(Nc2nc(Cc3nnc(SCC(=O)Nc4ccccc4Cl)n3C)cs2)cc1. The summed E-state index contributed by atoms with van der Waals surface area (Å²) in [6, 6.07) is 15.3. The van der Waals surface area contributed by atoms with Gasteiger partial charge in [-0.25, -0.2) is 4.98 Å². The van der Waals surface area contributed by atoms with Gasteiger partial charge in [0.15, 0.2) is 10.3 Å². The van der Waals surface area contributed by atoms with E-state index in [0.717, 1.165) is 22.3 Å². The predicted molar refractivity (Wildman–Crippen MR) is 131 cm³/mol. The number of nitrogens with one attached hydrogen (secondary N) is 2. The molecule has 0 spiro atoms. The van der Waals surface area contributed by atoms with E-state index in [2.05, 4.69) is 44.9 Å². The Labute approximate surface area is 199 Å². The first-order chi connectivity index (χ1) is 15.5. The second-order valence-electron chi connectivity index (χ2n) is 7.09. The van der Waals surface area contributed by atoms with E-state index >= 15 is 0 Å². The Balaban J connectivity index is 1.33. The van der Waals surface area contributed by atoms with Gasteiger partial charge >= 0.3 is 0 Å². The van der Waals surface area contributed by atoms with Gasteiger partial charge in [-0.15, -0.1) is 21.5 Å². The van der Waals surface area contributed by atoms with Crippen molar-refractivity contribution < 1.29 is 4.79 Å². The zero-order chi connectivity index (χ0) is 22.5. The second kappa shape index (κ2) is 10.2. The average Bonchev–Trinajstić information content (AvgIpc) is 3.36. The van der Waals surface area contributed by atoms with E-state index in [1.807, 2.05) is 41.3 Å². The largest absolute Gasteiger partial charge is 0.332 e. The number of thiazole rings is 1. The molecule has 0 bridgehead atoms. The minimum atomic E-state index is -0.154. The van der Waals surface area contributed by atoms with Gasteiger partial charge in [-0.3, -0.25) is 4.79 Å². The number of anilines is 3. The smallest absolute Gasteiger partial charge is 0.234 e. The van der Waals surface area contributed by atoms with Crippen LogP contribution in [0.25, 0.3) is 0 Å². The first kappa shape index (κ1) is 22.3. The molecule has 0 fully saturated rings. The summed E-state index contributed by atoms with van der Waals surface area (Å²) in [6.45, 7) is 2.06. The third-order valence-corrected chi connectivity index (χ3v) is 6.76. The van der Waals surface area contributed by atoms with Gasteiger partial charge in [0.05, 0.1) is 28.6 Å². The molecule has 2 aromatic carbocycles. The summed E-state index contributed by atoms with van der Waals surface area (Å²) in [5, 5.41) is 18.6. The number of hydrogen-bond acceptors (Lipinski definition) is 7. The molecule has 0 saturated carbocycles. The summed E-state index contributed by atoms with van der Waals surface area (Å²) in [5.74, 6) is 0.837. The molecule has 2 heterocycles. The van der Waals surface area contributed by atoms with Crippen LogP contribution in [-0.2, 0) is 18.3 Å². The molecule has 10 heteroatoms. The minimum absolute atomic E-state index is 0.154. The lowest BCUT2D eigenvalue weighted by Gasteiger charge is -2.06. The lowest BCUT2D eigenvalue weighted by Crippen LogP contribution is -2.14. The molecule has 164 valence electrons. The molecule has 7 nitrogen and oxygen atoms in total. The monoisotopic (exact) mass is 484 g/mol. The van der Waals surface area contributed by atoms with Crippen molar-refractivity contribution in [3.8, 4) is 0 Å². The number of hydrogen-bond donors (Lipinski definition) is 2. The van der Waals surface area contributed by atoms with E-state index in [1.54, 1.807) is 23.5 Å². The van der Waals surface area contributed by atoms with Gasteiger partial charge in [0.1, 0.15) is 5.82 Å². The number of amides is 1. The second-order valence-corrected chi connectivity index (χ2v) is 9.29. The highest BCUT2D eigenvalue weighted by Crippen LogP contribution is 2.24. The van der Waals surface area contributed by atoms with Gasteiger partial charge in [-0.05, 0) is 31.2 Å². The topological polar surface area (TPSA) is 84.7 Å². The Hall–Kier alpha value is -2.88. The number of carbonyl (C=O) groups is 1. The zero-order valence-electron chi connectivity index (χ0n) is 17.5. The number of benzene rings is 2. The summed E-state index contributed by atoms with van der Waals surface area (Å²) in [4.78, 5) is 16.9. The number of nitrogens with zero attached hydrogens (tertiary/aromatic N) is 4. The number of thioether (sulfide) groups is 1. The molecule has 0 saturated heterocycles. The van der Waals surface area contributed by atoms with Gasteiger partial charge in [0, 0.05) is 18.1 Å². The normalized spacial score (nSPS) is 10.8. The fourth-order valence-electron chi connectivity index (χ4n) is 2.87. The first-order valence-corrected chi connectivity index (χ1v) is 12.1. The van der Waals surface area contributed by atoms with Crippen molar-refractivity contribution in [1.82, 2.24) is 19.7 Å². The van der Waals surface area contributed by atoms with Gasteiger partial charge in [0.2, 0.25) is 5.91 Å². The molecular formula is C22H21ClN6OS2. The van der Waals surface area contributed by atoms with E-state index < -0.39 is 0 Å². The molecule has 0 unspecified atom stereocenters. The fraction of sp³-hybridized carbons (Fsp3) is 0.182. The molecule has 2 N–H and O–H groups in total. The summed E-state index contributed by atoms with van der Waals surface area (Å²) in [6.07, 6.45) is 0.557. The lowest BCUT2D eigenvalue weighted by molar-refractivity contribution is -0.113. The molecule has 1 amide bonds. The highest BCUT2D eigenvalue weighted by atomic mass is 35.5. The zero-order valence-corrected chi connectivity index (χ0v) is 19.9. The average molecular weight is 485 g/mol. The lowest BCUT2D eigenvalue weighted by atomic mass is 10.2. The standard InChI is InChI=1S/C22H21ClN6OS2/c1-14-7-9-15(10-8-14)24-21-25-16(12-31-21)11-19-27-28-22(29(19)2)32-13-20(30)26-18-6-4-3-5-17(18)23/h3-10,12H,11,13H2,1-2H3,(H,24,25)(H,26,30). The number of halogens is 1. The Morgan fingerprint density at radius 2 is 1.94 bits per heavy atom. The third-order valence-electron chi connectivity index (χ3n) is 4.60. The Bertz CT molecular complexity index is 1220. The Morgan fingerprint density at radius 1 is 1.16 bits per heavy atom. The van der Waals surface area contributed by atoms with Crippen molar-refractivity contribution in [2.24, 2.45) is 7.05 Å². The highest BCUT2D eigenvalue weighted by molar-refractivity contribution is 7.99. The molecule has 2 aromatic heterocycles. The molecule has 32 heavy (non-hydrogen) atoms. The molecule has 0 radical (unpaired) electrons. The highest BCUT2D eigenvalue weighted by Gasteiger charge is 2.14. The van der Waals surface area contributed by atoms with Crippen molar-refractivity contribution in [3.05, 3.63) is 76.0 Å². The summed E-state index contributed by atoms with van der Waals surface area (Å²) < 4.78 is 1.89. The van der Waals surface area contributed by atoms with E-state index in [1.165, 1.54) is 17.3 Å².